The number of benzene rings is 1. The van der Waals surface area contributed by atoms with Crippen molar-refractivity contribution in [1.82, 2.24) is 19.9 Å². The summed E-state index contributed by atoms with van der Waals surface area (Å²) in [4.78, 5) is 26.0. The van der Waals surface area contributed by atoms with E-state index in [1.54, 1.807) is 18.5 Å². The Balaban J connectivity index is 0.000000199. The number of fused-ring (bicyclic) bond motifs is 2. The molecule has 164 valence electrons. The van der Waals surface area contributed by atoms with Gasteiger partial charge in [0.25, 0.3) is 0 Å². The minimum absolute atomic E-state index is 0.0231. The van der Waals surface area contributed by atoms with Crippen LogP contribution in [0.3, 0.4) is 0 Å². The van der Waals surface area contributed by atoms with E-state index in [0.29, 0.717) is 11.6 Å². The van der Waals surface area contributed by atoms with Gasteiger partial charge in [-0.15, -0.1) is 0 Å². The molecule has 0 bridgehead atoms. The van der Waals surface area contributed by atoms with Crippen LogP contribution in [-0.2, 0) is 9.47 Å². The molecule has 0 radical (unpaired) electrons. The molecular weight excluding hydrogens is 432 g/mol. The molecule has 0 amide bonds. The van der Waals surface area contributed by atoms with E-state index in [4.69, 9.17) is 26.2 Å². The summed E-state index contributed by atoms with van der Waals surface area (Å²) in [5.74, 6) is 0.739. The molecule has 1 aromatic carbocycles. The molecule has 2 aliphatic rings. The lowest BCUT2D eigenvalue weighted by molar-refractivity contribution is 0.0187. The van der Waals surface area contributed by atoms with Crippen molar-refractivity contribution in [2.24, 2.45) is 0 Å². The number of imidazole rings is 1. The van der Waals surface area contributed by atoms with E-state index in [1.807, 2.05) is 30.3 Å². The van der Waals surface area contributed by atoms with Crippen molar-refractivity contribution in [2.45, 2.75) is 24.7 Å². The molecule has 2 fully saturated rings. The van der Waals surface area contributed by atoms with Gasteiger partial charge in [-0.1, -0.05) is 11.6 Å². The third-order valence-corrected chi connectivity index (χ3v) is 5.74. The molecule has 4 aromatic rings. The Labute approximate surface area is 188 Å². The molecule has 1 unspecified atom stereocenters. The van der Waals surface area contributed by atoms with Gasteiger partial charge in [-0.25, -0.2) is 4.98 Å². The van der Waals surface area contributed by atoms with Gasteiger partial charge in [0.05, 0.1) is 29.4 Å². The number of H-pyrrole nitrogens is 2. The largest absolute Gasteiger partial charge is 0.388 e. The van der Waals surface area contributed by atoms with Crippen LogP contribution in [0.15, 0.2) is 59.7 Å². The number of nitrogens with zero attached hydrogens (tertiary/aromatic N) is 2. The van der Waals surface area contributed by atoms with Crippen LogP contribution in [0.2, 0.25) is 5.02 Å². The first-order valence-electron chi connectivity index (χ1n) is 10.3. The predicted molar refractivity (Wildman–Crippen MR) is 120 cm³/mol. The minimum atomic E-state index is -0.377. The summed E-state index contributed by atoms with van der Waals surface area (Å²) in [5.41, 5.74) is 4.12. The lowest BCUT2D eigenvalue weighted by Crippen LogP contribution is -2.26. The molecule has 6 rings (SSSR count). The van der Waals surface area contributed by atoms with E-state index in [9.17, 15) is 4.79 Å². The smallest absolute Gasteiger partial charge is 0.247 e. The average molecular weight is 453 g/mol. The van der Waals surface area contributed by atoms with Gasteiger partial charge in [0, 0.05) is 41.2 Å². The Bertz CT molecular complexity index is 1270. The zero-order chi connectivity index (χ0) is 22.1. The molecule has 3 atom stereocenters. The Hall–Kier alpha value is -3.04. The number of aliphatic hydroxyl groups excluding tert-OH is 1. The van der Waals surface area contributed by atoms with E-state index in [1.165, 1.54) is 6.07 Å². The van der Waals surface area contributed by atoms with E-state index >= 15 is 0 Å². The summed E-state index contributed by atoms with van der Waals surface area (Å²) in [6, 6.07) is 12.6. The number of hydrogen-bond donors (Lipinski definition) is 3. The van der Waals surface area contributed by atoms with Crippen molar-refractivity contribution < 1.29 is 14.6 Å². The molecule has 9 heteroatoms. The van der Waals surface area contributed by atoms with Gasteiger partial charge in [0.15, 0.2) is 0 Å². The Kier molecular flexibility index (Phi) is 5.75. The lowest BCUT2D eigenvalue weighted by atomic mass is 10.1. The highest BCUT2D eigenvalue weighted by atomic mass is 35.5. The second kappa shape index (κ2) is 8.84. The number of aromatic nitrogens is 4. The third kappa shape index (κ3) is 4.31. The number of aromatic amines is 2. The second-order valence-electron chi connectivity index (χ2n) is 7.68. The third-order valence-electron chi connectivity index (χ3n) is 5.50. The fraction of sp³-hybridized carbons (Fsp3) is 0.261. The van der Waals surface area contributed by atoms with E-state index in [-0.39, 0.29) is 23.9 Å². The zero-order valence-corrected chi connectivity index (χ0v) is 17.7. The number of nitrogens with one attached hydrogen (secondary N) is 2. The first-order valence-corrected chi connectivity index (χ1v) is 10.7. The van der Waals surface area contributed by atoms with Gasteiger partial charge in [-0.2, -0.15) is 0 Å². The molecule has 3 aromatic heterocycles. The monoisotopic (exact) mass is 452 g/mol. The van der Waals surface area contributed by atoms with Crippen molar-refractivity contribution in [3.8, 4) is 22.6 Å². The highest BCUT2D eigenvalue weighted by Crippen LogP contribution is 2.26. The number of ether oxygens (including phenoxy) is 2. The molecule has 0 spiro atoms. The van der Waals surface area contributed by atoms with Gasteiger partial charge >= 0.3 is 0 Å². The van der Waals surface area contributed by atoms with Gasteiger partial charge in [0.2, 0.25) is 5.56 Å². The van der Waals surface area contributed by atoms with E-state index in [0.717, 1.165) is 46.7 Å². The summed E-state index contributed by atoms with van der Waals surface area (Å²) in [6.07, 6.45) is 4.12. The van der Waals surface area contributed by atoms with E-state index in [2.05, 4.69) is 19.9 Å². The maximum Gasteiger partial charge on any atom is 0.247 e. The van der Waals surface area contributed by atoms with Crippen LogP contribution in [0, 0.1) is 0 Å². The Morgan fingerprint density at radius 3 is 2.72 bits per heavy atom. The number of pyridine rings is 2. The van der Waals surface area contributed by atoms with Gasteiger partial charge in [0.1, 0.15) is 18.0 Å². The molecule has 2 aliphatic heterocycles. The highest BCUT2D eigenvalue weighted by Gasteiger charge is 2.40. The molecular formula is C23H21ClN4O4. The summed E-state index contributed by atoms with van der Waals surface area (Å²) in [7, 11) is 0. The van der Waals surface area contributed by atoms with E-state index < -0.39 is 0 Å². The van der Waals surface area contributed by atoms with Crippen LogP contribution in [0.4, 0.5) is 0 Å². The zero-order valence-electron chi connectivity index (χ0n) is 17.0. The topological polar surface area (TPSA) is 113 Å². The molecule has 5 heterocycles. The molecule has 2 saturated heterocycles. The quantitative estimate of drug-likeness (QED) is 0.430. The fourth-order valence-electron chi connectivity index (χ4n) is 3.84. The van der Waals surface area contributed by atoms with Crippen LogP contribution in [0.25, 0.3) is 33.7 Å². The Morgan fingerprint density at radius 1 is 1.09 bits per heavy atom. The maximum absolute atomic E-state index is 11.1. The van der Waals surface area contributed by atoms with Crippen LogP contribution in [0.5, 0.6) is 0 Å². The van der Waals surface area contributed by atoms with Gasteiger partial charge in [-0.3, -0.25) is 9.78 Å². The number of aliphatic hydroxyl groups is 1. The van der Waals surface area contributed by atoms with Crippen molar-refractivity contribution in [3.63, 3.8) is 0 Å². The highest BCUT2D eigenvalue weighted by molar-refractivity contribution is 6.31. The second-order valence-corrected chi connectivity index (χ2v) is 8.12. The van der Waals surface area contributed by atoms with Crippen molar-refractivity contribution >= 4 is 22.6 Å². The summed E-state index contributed by atoms with van der Waals surface area (Å²) >= 11 is 5.99. The lowest BCUT2D eigenvalue weighted by Gasteiger charge is -2.08. The molecule has 0 aliphatic carbocycles. The van der Waals surface area contributed by atoms with Crippen molar-refractivity contribution in [2.75, 3.05) is 13.2 Å². The van der Waals surface area contributed by atoms with Gasteiger partial charge in [-0.05, 0) is 42.8 Å². The number of halogens is 1. The number of hydrogen-bond acceptors (Lipinski definition) is 6. The number of rotatable bonds is 2. The van der Waals surface area contributed by atoms with Gasteiger partial charge < -0.3 is 24.5 Å². The molecule has 8 nitrogen and oxygen atoms in total. The summed E-state index contributed by atoms with van der Waals surface area (Å²) < 4.78 is 10.4. The first-order chi connectivity index (χ1) is 15.6. The van der Waals surface area contributed by atoms with Crippen molar-refractivity contribution in [1.29, 1.82) is 0 Å². The van der Waals surface area contributed by atoms with Crippen LogP contribution < -0.4 is 5.56 Å². The molecule has 0 saturated carbocycles. The minimum Gasteiger partial charge on any atom is -0.388 e. The normalized spacial score (nSPS) is 21.9. The van der Waals surface area contributed by atoms with Crippen LogP contribution >= 0.6 is 11.6 Å². The molecule has 32 heavy (non-hydrogen) atoms. The molecule has 3 N–H and O–H groups in total. The summed E-state index contributed by atoms with van der Waals surface area (Å²) in [6.45, 7) is 1.20. The van der Waals surface area contributed by atoms with Crippen molar-refractivity contribution in [3.05, 3.63) is 70.2 Å². The first kappa shape index (κ1) is 20.8. The Morgan fingerprint density at radius 2 is 1.97 bits per heavy atom. The van der Waals surface area contributed by atoms with Crippen LogP contribution in [-0.4, -0.2) is 56.6 Å². The average Bonchev–Trinajstić information content (AvgIpc) is 3.52. The predicted octanol–water partition coefficient (Wildman–Crippen LogP) is 3.17. The maximum atomic E-state index is 11.1. The summed E-state index contributed by atoms with van der Waals surface area (Å²) in [5, 5.41) is 9.82. The fourth-order valence-corrected chi connectivity index (χ4v) is 4.01. The standard InChI is InChI=1S/C17H11ClN4O.C6H10O3/c18-12-3-5-14-15(7-12)22-17(21-14)11-1-4-13(19-9-11)10-2-6-16(23)20-8-10;7-4-3-9-5-1-2-8-6(4)5/h1-9H,(H,20,23)(H,21,22);4-7H,1-3H2/t;4?,5-,6-/m.1/s1. The van der Waals surface area contributed by atoms with Crippen LogP contribution in [0.1, 0.15) is 6.42 Å². The SMILES string of the molecule is O=c1ccc(-c2ccc(-c3nc4ccc(Cl)cc4[nH]3)cn2)c[nH]1.OC1CO[C@@H]2CCO[C@H]12.